The van der Waals surface area contributed by atoms with Gasteiger partial charge in [-0.15, -0.1) is 0 Å². The molecule has 0 atom stereocenters. The third kappa shape index (κ3) is 2.86. The first-order valence-electron chi connectivity index (χ1n) is 5.63. The number of ether oxygens (including phenoxy) is 1. The van der Waals surface area contributed by atoms with Crippen LogP contribution >= 0.6 is 0 Å². The molecule has 1 fully saturated rings. The lowest BCUT2D eigenvalue weighted by Crippen LogP contribution is -2.51. The minimum absolute atomic E-state index is 0.0508. The van der Waals surface area contributed by atoms with E-state index >= 15 is 0 Å². The number of hydrogen-bond donors (Lipinski definition) is 2. The predicted molar refractivity (Wildman–Crippen MR) is 69.3 cm³/mol. The number of benzene rings is 1. The van der Waals surface area contributed by atoms with Crippen LogP contribution in [0.3, 0.4) is 0 Å². The zero-order valence-electron chi connectivity index (χ0n) is 10.7. The molecule has 0 radical (unpaired) electrons. The van der Waals surface area contributed by atoms with Gasteiger partial charge in [0.15, 0.2) is 5.75 Å². The standard InChI is InChI=1S/C12H9N3O6/c1-21-9-3-2-6(5-8(9)15(19)20)4-7-10(16)13-12(18)14-11(7)17/h2-5H,1H3,(H2,13,14,16,17,18). The largest absolute Gasteiger partial charge is 0.490 e. The van der Waals surface area contributed by atoms with Crippen LogP contribution in [0.1, 0.15) is 5.56 Å². The summed E-state index contributed by atoms with van der Waals surface area (Å²) in [6, 6.07) is 3.02. The second kappa shape index (κ2) is 5.41. The minimum Gasteiger partial charge on any atom is -0.490 e. The fourth-order valence-corrected chi connectivity index (χ4v) is 1.71. The third-order valence-corrected chi connectivity index (χ3v) is 2.65. The van der Waals surface area contributed by atoms with Crippen LogP contribution in [0.25, 0.3) is 6.08 Å². The smallest absolute Gasteiger partial charge is 0.328 e. The van der Waals surface area contributed by atoms with Gasteiger partial charge in [0, 0.05) is 6.07 Å². The highest BCUT2D eigenvalue weighted by Gasteiger charge is 2.28. The van der Waals surface area contributed by atoms with E-state index in [0.29, 0.717) is 0 Å². The molecule has 0 unspecified atom stereocenters. The maximum Gasteiger partial charge on any atom is 0.328 e. The number of carbonyl (C=O) groups is 3. The number of imide groups is 2. The molecule has 1 aromatic rings. The second-order valence-corrected chi connectivity index (χ2v) is 3.98. The van der Waals surface area contributed by atoms with Crippen molar-refractivity contribution in [3.8, 4) is 5.75 Å². The van der Waals surface area contributed by atoms with Gasteiger partial charge in [-0.1, -0.05) is 6.07 Å². The number of nitro groups is 1. The Morgan fingerprint density at radius 3 is 2.33 bits per heavy atom. The molecule has 9 nitrogen and oxygen atoms in total. The van der Waals surface area contributed by atoms with Gasteiger partial charge in [-0.05, 0) is 17.7 Å². The van der Waals surface area contributed by atoms with E-state index in [9.17, 15) is 24.5 Å². The highest BCUT2D eigenvalue weighted by Crippen LogP contribution is 2.28. The number of urea groups is 1. The molecule has 1 saturated heterocycles. The van der Waals surface area contributed by atoms with Crippen molar-refractivity contribution in [2.24, 2.45) is 0 Å². The van der Waals surface area contributed by atoms with Crippen molar-refractivity contribution in [2.75, 3.05) is 7.11 Å². The van der Waals surface area contributed by atoms with Crippen molar-refractivity contribution >= 4 is 29.6 Å². The Bertz CT molecular complexity index is 672. The number of rotatable bonds is 3. The van der Waals surface area contributed by atoms with E-state index in [-0.39, 0.29) is 22.6 Å². The molecule has 1 aliphatic heterocycles. The quantitative estimate of drug-likeness (QED) is 0.358. The number of nitrogens with one attached hydrogen (secondary N) is 2. The molecule has 2 rings (SSSR count). The molecule has 2 N–H and O–H groups in total. The first kappa shape index (κ1) is 14.2. The van der Waals surface area contributed by atoms with Crippen molar-refractivity contribution in [1.82, 2.24) is 10.6 Å². The van der Waals surface area contributed by atoms with Gasteiger partial charge in [-0.25, -0.2) is 4.79 Å². The van der Waals surface area contributed by atoms with Crippen molar-refractivity contribution in [3.63, 3.8) is 0 Å². The third-order valence-electron chi connectivity index (χ3n) is 2.65. The summed E-state index contributed by atoms with van der Waals surface area (Å²) >= 11 is 0. The molecule has 21 heavy (non-hydrogen) atoms. The van der Waals surface area contributed by atoms with Crippen LogP contribution in [0.5, 0.6) is 5.75 Å². The van der Waals surface area contributed by atoms with Crippen LogP contribution in [-0.2, 0) is 9.59 Å². The van der Waals surface area contributed by atoms with Crippen LogP contribution < -0.4 is 15.4 Å². The molecule has 0 aliphatic carbocycles. The molecule has 0 aromatic heterocycles. The molecule has 1 heterocycles. The number of carbonyl (C=O) groups excluding carboxylic acids is 3. The van der Waals surface area contributed by atoms with Gasteiger partial charge in [0.2, 0.25) is 0 Å². The molecule has 1 aromatic carbocycles. The van der Waals surface area contributed by atoms with Gasteiger partial charge in [0.05, 0.1) is 12.0 Å². The zero-order chi connectivity index (χ0) is 15.6. The van der Waals surface area contributed by atoms with E-state index in [1.165, 1.54) is 19.2 Å². The van der Waals surface area contributed by atoms with Crippen LogP contribution in [-0.4, -0.2) is 29.9 Å². The average molecular weight is 291 g/mol. The fraction of sp³-hybridized carbons (Fsp3) is 0.0833. The molecule has 0 saturated carbocycles. The molecule has 0 bridgehead atoms. The lowest BCUT2D eigenvalue weighted by molar-refractivity contribution is -0.385. The Balaban J connectivity index is 2.43. The van der Waals surface area contributed by atoms with Crippen LogP contribution in [0.2, 0.25) is 0 Å². The lowest BCUT2D eigenvalue weighted by atomic mass is 10.1. The van der Waals surface area contributed by atoms with E-state index < -0.39 is 22.8 Å². The summed E-state index contributed by atoms with van der Waals surface area (Å²) in [7, 11) is 1.29. The molecule has 1 aliphatic rings. The normalized spacial score (nSPS) is 14.3. The van der Waals surface area contributed by atoms with Crippen LogP contribution in [0, 0.1) is 10.1 Å². The SMILES string of the molecule is COc1ccc(C=C2C(=O)NC(=O)NC2=O)cc1[N+](=O)[O-]. The van der Waals surface area contributed by atoms with E-state index in [1.807, 2.05) is 10.6 Å². The predicted octanol–water partition coefficient (Wildman–Crippen LogP) is 0.353. The average Bonchev–Trinajstić information content (AvgIpc) is 2.42. The second-order valence-electron chi connectivity index (χ2n) is 3.98. The fourth-order valence-electron chi connectivity index (χ4n) is 1.71. The van der Waals surface area contributed by atoms with Gasteiger partial charge in [0.1, 0.15) is 5.57 Å². The molecule has 9 heteroatoms. The molecule has 0 spiro atoms. The Labute approximate surface area is 117 Å². The Hall–Kier alpha value is -3.23. The number of methoxy groups -OCH3 is 1. The Morgan fingerprint density at radius 1 is 1.19 bits per heavy atom. The van der Waals surface area contributed by atoms with Crippen molar-refractivity contribution in [3.05, 3.63) is 39.4 Å². The topological polar surface area (TPSA) is 128 Å². The van der Waals surface area contributed by atoms with Gasteiger partial charge in [-0.2, -0.15) is 0 Å². The zero-order valence-corrected chi connectivity index (χ0v) is 10.7. The van der Waals surface area contributed by atoms with Gasteiger partial charge >= 0.3 is 11.7 Å². The highest BCUT2D eigenvalue weighted by atomic mass is 16.6. The summed E-state index contributed by atoms with van der Waals surface area (Å²) in [5, 5.41) is 14.7. The number of nitro benzene ring substituents is 1. The van der Waals surface area contributed by atoms with Crippen molar-refractivity contribution in [2.45, 2.75) is 0 Å². The molecule has 108 valence electrons. The van der Waals surface area contributed by atoms with Crippen LogP contribution in [0.4, 0.5) is 10.5 Å². The minimum atomic E-state index is -0.914. The van der Waals surface area contributed by atoms with E-state index in [1.54, 1.807) is 0 Å². The summed E-state index contributed by atoms with van der Waals surface area (Å²) in [6.45, 7) is 0. The van der Waals surface area contributed by atoms with E-state index in [2.05, 4.69) is 0 Å². The monoisotopic (exact) mass is 291 g/mol. The van der Waals surface area contributed by atoms with Gasteiger partial charge < -0.3 is 4.74 Å². The highest BCUT2D eigenvalue weighted by molar-refractivity contribution is 6.31. The molecular weight excluding hydrogens is 282 g/mol. The molecule has 4 amide bonds. The lowest BCUT2D eigenvalue weighted by Gasteiger charge is -2.13. The summed E-state index contributed by atoms with van der Waals surface area (Å²) in [5.74, 6) is -1.70. The van der Waals surface area contributed by atoms with E-state index in [4.69, 9.17) is 4.74 Å². The number of nitrogens with zero attached hydrogens (tertiary/aromatic N) is 1. The first-order chi connectivity index (χ1) is 9.92. The van der Waals surface area contributed by atoms with Gasteiger partial charge in [-0.3, -0.25) is 30.3 Å². The first-order valence-corrected chi connectivity index (χ1v) is 5.63. The Morgan fingerprint density at radius 2 is 1.81 bits per heavy atom. The summed E-state index contributed by atoms with van der Waals surface area (Å²) < 4.78 is 4.84. The number of amides is 4. The van der Waals surface area contributed by atoms with Crippen molar-refractivity contribution in [1.29, 1.82) is 0 Å². The van der Waals surface area contributed by atoms with Crippen LogP contribution in [0.15, 0.2) is 23.8 Å². The van der Waals surface area contributed by atoms with E-state index in [0.717, 1.165) is 12.1 Å². The number of hydrogen-bond acceptors (Lipinski definition) is 6. The summed E-state index contributed by atoms with van der Waals surface area (Å²) in [6.07, 6.45) is 1.14. The van der Waals surface area contributed by atoms with Crippen molar-refractivity contribution < 1.29 is 24.0 Å². The summed E-state index contributed by atoms with van der Waals surface area (Å²) in [4.78, 5) is 44.2. The number of barbiturate groups is 1. The summed E-state index contributed by atoms with van der Waals surface area (Å²) in [5.41, 5.74) is -0.384. The maximum atomic E-state index is 11.5. The Kier molecular flexibility index (Phi) is 3.65. The van der Waals surface area contributed by atoms with Gasteiger partial charge in [0.25, 0.3) is 11.8 Å². The molecular formula is C12H9N3O6. The maximum absolute atomic E-state index is 11.5.